The molecule has 1 saturated heterocycles. The van der Waals surface area contributed by atoms with Gasteiger partial charge in [-0.15, -0.1) is 0 Å². The molecule has 0 saturated carbocycles. The summed E-state index contributed by atoms with van der Waals surface area (Å²) in [7, 11) is 5.75. The topological polar surface area (TPSA) is 148 Å². The fraction of sp³-hybridized carbons (Fsp3) is 0.229. The smallest absolute Gasteiger partial charge is 0.311 e. The fourth-order valence-electron chi connectivity index (χ4n) is 5.39. The number of esters is 1. The van der Waals surface area contributed by atoms with Gasteiger partial charge < -0.3 is 23.7 Å². The molecule has 48 heavy (non-hydrogen) atoms. The third kappa shape index (κ3) is 6.89. The van der Waals surface area contributed by atoms with Crippen molar-refractivity contribution in [3.63, 3.8) is 0 Å². The van der Waals surface area contributed by atoms with Crippen LogP contribution in [0.3, 0.4) is 0 Å². The van der Waals surface area contributed by atoms with Crippen LogP contribution in [0.2, 0.25) is 0 Å². The molecule has 2 amide bonds. The van der Waals surface area contributed by atoms with Crippen LogP contribution in [0.1, 0.15) is 51.5 Å². The van der Waals surface area contributed by atoms with Crippen molar-refractivity contribution >= 4 is 46.5 Å². The van der Waals surface area contributed by atoms with Gasteiger partial charge in [-0.25, -0.2) is 4.39 Å². The number of allylic oxidation sites excluding steroid dienone is 1. The second kappa shape index (κ2) is 14.2. The van der Waals surface area contributed by atoms with Crippen LogP contribution >= 0.6 is 0 Å². The van der Waals surface area contributed by atoms with Gasteiger partial charge in [0.2, 0.25) is 23.5 Å². The molecule has 248 valence electrons. The number of carbonyl (C=O) groups excluding carboxylic acids is 5. The standard InChI is InChI=1S/C35H31FN2O10/c1-44-27-10-6-19(5-9-26(39)20-14-29(45-2)34(47-4)30(15-20)46-3)13-28(27)48-33(42)12-11-32(41)38-18-24(23-17-31(40)37-35(23)43)22-16-21(36)7-8-25(22)38/h5-10,13-16,18,23H,11-12,17H2,1-4H3,(H,37,40,43)/b9-5+. The average molecular weight is 659 g/mol. The van der Waals surface area contributed by atoms with E-state index >= 15 is 0 Å². The maximum Gasteiger partial charge on any atom is 0.311 e. The fourth-order valence-corrected chi connectivity index (χ4v) is 5.39. The van der Waals surface area contributed by atoms with Gasteiger partial charge in [0.1, 0.15) is 5.82 Å². The number of hydrogen-bond acceptors (Lipinski definition) is 10. The maximum absolute atomic E-state index is 14.1. The largest absolute Gasteiger partial charge is 0.493 e. The van der Waals surface area contributed by atoms with Crippen molar-refractivity contribution in [1.82, 2.24) is 9.88 Å². The third-order valence-corrected chi connectivity index (χ3v) is 7.74. The number of nitrogens with one attached hydrogen (secondary N) is 1. The maximum atomic E-state index is 14.1. The van der Waals surface area contributed by atoms with E-state index in [0.29, 0.717) is 44.8 Å². The molecule has 4 aromatic rings. The van der Waals surface area contributed by atoms with Gasteiger partial charge in [0, 0.05) is 30.0 Å². The Morgan fingerprint density at radius 3 is 2.21 bits per heavy atom. The van der Waals surface area contributed by atoms with Gasteiger partial charge in [-0.1, -0.05) is 12.1 Å². The van der Waals surface area contributed by atoms with Gasteiger partial charge >= 0.3 is 5.97 Å². The lowest BCUT2D eigenvalue weighted by atomic mass is 9.97. The number of fused-ring (bicyclic) bond motifs is 1. The number of imide groups is 1. The van der Waals surface area contributed by atoms with Crippen molar-refractivity contribution in [2.45, 2.75) is 25.2 Å². The third-order valence-electron chi connectivity index (χ3n) is 7.74. The summed E-state index contributed by atoms with van der Waals surface area (Å²) in [5, 5.41) is 2.54. The zero-order valence-electron chi connectivity index (χ0n) is 26.5. The molecule has 1 fully saturated rings. The van der Waals surface area contributed by atoms with Gasteiger partial charge in [0.05, 0.1) is 46.3 Å². The molecule has 1 aliphatic rings. The number of amides is 2. The van der Waals surface area contributed by atoms with Crippen LogP contribution in [0.15, 0.2) is 60.8 Å². The van der Waals surface area contributed by atoms with Crippen molar-refractivity contribution < 1.29 is 52.0 Å². The Hall–Kier alpha value is -5.98. The van der Waals surface area contributed by atoms with Crippen LogP contribution in [-0.4, -0.2) is 62.5 Å². The van der Waals surface area contributed by atoms with Crippen molar-refractivity contribution in [3.05, 3.63) is 83.3 Å². The Kier molecular flexibility index (Phi) is 9.88. The molecule has 13 heteroatoms. The molecule has 1 N–H and O–H groups in total. The molecule has 1 aliphatic heterocycles. The molecular weight excluding hydrogens is 627 g/mol. The van der Waals surface area contributed by atoms with Crippen LogP contribution in [0.4, 0.5) is 4.39 Å². The number of nitrogens with zero attached hydrogens (tertiary/aromatic N) is 1. The van der Waals surface area contributed by atoms with Gasteiger partial charge in [-0.05, 0) is 59.7 Å². The monoisotopic (exact) mass is 658 g/mol. The Labute approximate surface area is 274 Å². The van der Waals surface area contributed by atoms with E-state index in [1.165, 1.54) is 87.8 Å². The number of carbonyl (C=O) groups is 5. The van der Waals surface area contributed by atoms with E-state index in [4.69, 9.17) is 23.7 Å². The first-order chi connectivity index (χ1) is 23.1. The summed E-state index contributed by atoms with van der Waals surface area (Å²) < 4.78 is 42.1. The molecule has 5 rings (SSSR count). The Balaban J connectivity index is 1.29. The van der Waals surface area contributed by atoms with Crippen molar-refractivity contribution in [3.8, 4) is 28.7 Å². The lowest BCUT2D eigenvalue weighted by molar-refractivity contribution is -0.134. The van der Waals surface area contributed by atoms with Gasteiger partial charge in [-0.2, -0.15) is 0 Å². The Morgan fingerprint density at radius 1 is 0.875 bits per heavy atom. The summed E-state index contributed by atoms with van der Waals surface area (Å²) in [5.41, 5.74) is 1.48. The highest BCUT2D eigenvalue weighted by Crippen LogP contribution is 2.38. The number of aromatic nitrogens is 1. The van der Waals surface area contributed by atoms with E-state index < -0.39 is 35.4 Å². The normalized spacial score (nSPS) is 14.2. The molecule has 3 aromatic carbocycles. The van der Waals surface area contributed by atoms with E-state index in [1.807, 2.05) is 0 Å². The number of ether oxygens (including phenoxy) is 5. The zero-order valence-corrected chi connectivity index (χ0v) is 26.5. The van der Waals surface area contributed by atoms with Crippen LogP contribution in [0.5, 0.6) is 28.7 Å². The molecule has 1 unspecified atom stereocenters. The molecule has 0 spiro atoms. The minimum atomic E-state index is -0.869. The average Bonchev–Trinajstić information content (AvgIpc) is 3.62. The molecule has 1 aromatic heterocycles. The van der Waals surface area contributed by atoms with Crippen LogP contribution in [-0.2, 0) is 14.4 Å². The zero-order chi connectivity index (χ0) is 34.5. The first-order valence-electron chi connectivity index (χ1n) is 14.6. The van der Waals surface area contributed by atoms with Crippen molar-refractivity contribution in [1.29, 1.82) is 0 Å². The minimum absolute atomic E-state index is 0.0680. The second-order valence-corrected chi connectivity index (χ2v) is 10.7. The highest BCUT2D eigenvalue weighted by atomic mass is 19.1. The number of hydrogen-bond donors (Lipinski definition) is 1. The lowest BCUT2D eigenvalue weighted by Crippen LogP contribution is -2.21. The highest BCUT2D eigenvalue weighted by molar-refractivity contribution is 6.09. The number of ketones is 1. The summed E-state index contributed by atoms with van der Waals surface area (Å²) >= 11 is 0. The second-order valence-electron chi connectivity index (χ2n) is 10.7. The van der Waals surface area contributed by atoms with Crippen molar-refractivity contribution in [2.75, 3.05) is 28.4 Å². The highest BCUT2D eigenvalue weighted by Gasteiger charge is 2.34. The SMILES string of the molecule is COc1ccc(/C=C/C(=O)c2cc(OC)c(OC)c(OC)c2)cc1OC(=O)CCC(=O)n1cc(C2CC(=O)NC2=O)c2cc(F)ccc21. The van der Waals surface area contributed by atoms with Crippen LogP contribution < -0.4 is 29.0 Å². The predicted molar refractivity (Wildman–Crippen MR) is 170 cm³/mol. The van der Waals surface area contributed by atoms with Gasteiger partial charge in [0.25, 0.3) is 0 Å². The molecule has 0 aliphatic carbocycles. The Bertz CT molecular complexity index is 1950. The summed E-state index contributed by atoms with van der Waals surface area (Å²) in [5.74, 6) is -2.72. The molecular formula is C35H31FN2O10. The van der Waals surface area contributed by atoms with E-state index in [2.05, 4.69) is 5.32 Å². The summed E-state index contributed by atoms with van der Waals surface area (Å²) in [6, 6.07) is 11.6. The molecule has 1 atom stereocenters. The molecule has 0 bridgehead atoms. The number of benzene rings is 3. The van der Waals surface area contributed by atoms with E-state index in [9.17, 15) is 28.4 Å². The summed E-state index contributed by atoms with van der Waals surface area (Å²) in [4.78, 5) is 63.2. The number of rotatable bonds is 12. The summed E-state index contributed by atoms with van der Waals surface area (Å²) in [6.07, 6.45) is 3.55. The predicted octanol–water partition coefficient (Wildman–Crippen LogP) is 4.87. The van der Waals surface area contributed by atoms with E-state index in [1.54, 1.807) is 12.1 Å². The Morgan fingerprint density at radius 2 is 1.58 bits per heavy atom. The first kappa shape index (κ1) is 33.4. The lowest BCUT2D eigenvalue weighted by Gasteiger charge is -2.13. The minimum Gasteiger partial charge on any atom is -0.493 e. The molecule has 12 nitrogen and oxygen atoms in total. The van der Waals surface area contributed by atoms with E-state index in [-0.39, 0.29) is 36.5 Å². The number of halogens is 1. The van der Waals surface area contributed by atoms with Crippen LogP contribution in [0.25, 0.3) is 17.0 Å². The molecule has 2 heterocycles. The summed E-state index contributed by atoms with van der Waals surface area (Å²) in [6.45, 7) is 0. The quantitative estimate of drug-likeness (QED) is 0.0735. The molecule has 0 radical (unpaired) electrons. The first-order valence-corrected chi connectivity index (χ1v) is 14.6. The van der Waals surface area contributed by atoms with Crippen molar-refractivity contribution in [2.24, 2.45) is 0 Å². The van der Waals surface area contributed by atoms with Gasteiger partial charge in [0.15, 0.2) is 28.8 Å². The number of methoxy groups -OCH3 is 4. The van der Waals surface area contributed by atoms with Crippen LogP contribution in [0, 0.1) is 5.82 Å². The van der Waals surface area contributed by atoms with Gasteiger partial charge in [-0.3, -0.25) is 33.9 Å². The van der Waals surface area contributed by atoms with E-state index in [0.717, 1.165) is 0 Å².